The van der Waals surface area contributed by atoms with E-state index in [1.807, 2.05) is 0 Å². The maximum absolute atomic E-state index is 13.1. The Hall–Kier alpha value is -4.98. The number of benzene rings is 4. The molecule has 0 amide bonds. The van der Waals surface area contributed by atoms with E-state index in [9.17, 15) is 19.8 Å². The molecular formula is C26H16N4O4. The van der Waals surface area contributed by atoms with Gasteiger partial charge in [0.25, 0.3) is 0 Å². The Morgan fingerprint density at radius 2 is 0.735 bits per heavy atom. The van der Waals surface area contributed by atoms with Crippen LogP contribution in [-0.2, 0) is 0 Å². The predicted octanol–water partition coefficient (Wildman–Crippen LogP) is 6.70. The molecule has 4 aromatic rings. The Morgan fingerprint density at radius 3 is 1.12 bits per heavy atom. The van der Waals surface area contributed by atoms with Gasteiger partial charge in [-0.25, -0.2) is 0 Å². The van der Waals surface area contributed by atoms with Gasteiger partial charge in [-0.2, -0.15) is 20.5 Å². The fourth-order valence-corrected chi connectivity index (χ4v) is 3.52. The third-order valence-electron chi connectivity index (χ3n) is 5.25. The number of carbonyl (C=O) groups is 2. The Morgan fingerprint density at radius 1 is 0.412 bits per heavy atom. The molecule has 0 aliphatic heterocycles. The van der Waals surface area contributed by atoms with Crippen LogP contribution in [0.15, 0.2) is 105 Å². The molecule has 8 heteroatoms. The normalized spacial score (nSPS) is 12.8. The quantitative estimate of drug-likeness (QED) is 0.297. The molecule has 0 bridgehead atoms. The molecule has 0 radical (unpaired) electrons. The fourth-order valence-electron chi connectivity index (χ4n) is 3.52. The lowest BCUT2D eigenvalue weighted by Crippen LogP contribution is -2.20. The van der Waals surface area contributed by atoms with Crippen molar-refractivity contribution in [1.29, 1.82) is 0 Å². The van der Waals surface area contributed by atoms with Crippen LogP contribution in [0, 0.1) is 0 Å². The van der Waals surface area contributed by atoms with E-state index in [1.54, 1.807) is 60.7 Å². The molecule has 0 aromatic heterocycles. The first kappa shape index (κ1) is 20.9. The highest BCUT2D eigenvalue weighted by Gasteiger charge is 2.30. The monoisotopic (exact) mass is 448 g/mol. The van der Waals surface area contributed by atoms with Gasteiger partial charge in [0.05, 0.1) is 22.7 Å². The topological polar surface area (TPSA) is 124 Å². The molecule has 0 unspecified atom stereocenters. The number of aromatic hydroxyl groups is 2. The van der Waals surface area contributed by atoms with E-state index in [0.29, 0.717) is 22.7 Å². The van der Waals surface area contributed by atoms with E-state index < -0.39 is 0 Å². The van der Waals surface area contributed by atoms with Gasteiger partial charge < -0.3 is 10.2 Å². The molecule has 34 heavy (non-hydrogen) atoms. The summed E-state index contributed by atoms with van der Waals surface area (Å²) >= 11 is 0. The molecule has 8 nitrogen and oxygen atoms in total. The number of phenols is 2. The van der Waals surface area contributed by atoms with Gasteiger partial charge in [0.1, 0.15) is 11.5 Å². The number of phenolic OH excluding ortho intramolecular Hbond substituents is 2. The van der Waals surface area contributed by atoms with Crippen LogP contribution in [0.25, 0.3) is 0 Å². The summed E-state index contributed by atoms with van der Waals surface area (Å²) in [4.78, 5) is 26.2. The standard InChI is InChI=1S/C26H16N4O4/c31-19-7-1-15(2-8-19)27-29-17-5-11-21-23(13-17)25(33)22-12-6-18(14-24(22)26(21)34)30-28-16-3-9-20(32)10-4-16/h1-14,31-32H. The van der Waals surface area contributed by atoms with Crippen LogP contribution >= 0.6 is 0 Å². The van der Waals surface area contributed by atoms with Crippen molar-refractivity contribution in [2.24, 2.45) is 20.5 Å². The van der Waals surface area contributed by atoms with Gasteiger partial charge in [-0.15, -0.1) is 0 Å². The van der Waals surface area contributed by atoms with E-state index in [0.717, 1.165) is 0 Å². The Kier molecular flexibility index (Phi) is 5.23. The molecule has 0 heterocycles. The first-order valence-electron chi connectivity index (χ1n) is 10.3. The molecule has 4 aromatic carbocycles. The van der Waals surface area contributed by atoms with Gasteiger partial charge >= 0.3 is 0 Å². The molecular weight excluding hydrogens is 432 g/mol. The number of rotatable bonds is 4. The van der Waals surface area contributed by atoms with Gasteiger partial charge in [0.15, 0.2) is 11.6 Å². The molecule has 0 atom stereocenters. The number of nitrogens with zero attached hydrogens (tertiary/aromatic N) is 4. The maximum Gasteiger partial charge on any atom is 0.194 e. The number of carbonyl (C=O) groups excluding carboxylic acids is 2. The van der Waals surface area contributed by atoms with Crippen LogP contribution in [-0.4, -0.2) is 21.8 Å². The second-order valence-electron chi connectivity index (χ2n) is 7.55. The zero-order chi connectivity index (χ0) is 23.7. The third-order valence-corrected chi connectivity index (χ3v) is 5.25. The van der Waals surface area contributed by atoms with Crippen molar-refractivity contribution in [3.05, 3.63) is 107 Å². The summed E-state index contributed by atoms with van der Waals surface area (Å²) < 4.78 is 0. The summed E-state index contributed by atoms with van der Waals surface area (Å²) in [5, 5.41) is 35.2. The van der Waals surface area contributed by atoms with Gasteiger partial charge in [0.2, 0.25) is 0 Å². The number of hydrogen-bond donors (Lipinski definition) is 2. The van der Waals surface area contributed by atoms with E-state index in [-0.39, 0.29) is 45.3 Å². The van der Waals surface area contributed by atoms with Crippen molar-refractivity contribution >= 4 is 34.3 Å². The molecule has 164 valence electrons. The summed E-state index contributed by atoms with van der Waals surface area (Å²) in [6.07, 6.45) is 0. The summed E-state index contributed by atoms with van der Waals surface area (Å²) in [6.45, 7) is 0. The highest BCUT2D eigenvalue weighted by molar-refractivity contribution is 6.28. The molecule has 1 aliphatic carbocycles. The van der Waals surface area contributed by atoms with Crippen molar-refractivity contribution in [3.63, 3.8) is 0 Å². The smallest absolute Gasteiger partial charge is 0.194 e. The van der Waals surface area contributed by atoms with Crippen LogP contribution in [0.1, 0.15) is 31.8 Å². The number of ketones is 2. The van der Waals surface area contributed by atoms with Crippen LogP contribution in [0.4, 0.5) is 22.7 Å². The molecule has 0 fully saturated rings. The zero-order valence-electron chi connectivity index (χ0n) is 17.6. The predicted molar refractivity (Wildman–Crippen MR) is 124 cm³/mol. The number of azo groups is 2. The summed E-state index contributed by atoms with van der Waals surface area (Å²) in [7, 11) is 0. The van der Waals surface area contributed by atoms with Crippen LogP contribution < -0.4 is 0 Å². The van der Waals surface area contributed by atoms with Crippen LogP contribution in [0.5, 0.6) is 11.5 Å². The van der Waals surface area contributed by atoms with E-state index in [2.05, 4.69) is 20.5 Å². The Bertz CT molecular complexity index is 1380. The highest BCUT2D eigenvalue weighted by atomic mass is 16.3. The zero-order valence-corrected chi connectivity index (χ0v) is 17.6. The van der Waals surface area contributed by atoms with Crippen molar-refractivity contribution in [3.8, 4) is 11.5 Å². The second kappa shape index (κ2) is 8.51. The van der Waals surface area contributed by atoms with E-state index in [4.69, 9.17) is 0 Å². The van der Waals surface area contributed by atoms with Crippen LogP contribution in [0.3, 0.4) is 0 Å². The molecule has 0 saturated carbocycles. The first-order chi connectivity index (χ1) is 16.5. The largest absolute Gasteiger partial charge is 0.508 e. The lowest BCUT2D eigenvalue weighted by molar-refractivity contribution is 0.0979. The van der Waals surface area contributed by atoms with Gasteiger partial charge in [-0.05, 0) is 84.9 Å². The molecule has 2 N–H and O–H groups in total. The highest BCUT2D eigenvalue weighted by Crippen LogP contribution is 2.33. The fraction of sp³-hybridized carbons (Fsp3) is 0. The van der Waals surface area contributed by atoms with Gasteiger partial charge in [-0.3, -0.25) is 9.59 Å². The lowest BCUT2D eigenvalue weighted by atomic mass is 9.83. The molecule has 0 spiro atoms. The summed E-state index contributed by atoms with van der Waals surface area (Å²) in [5.41, 5.74) is 3.03. The Balaban J connectivity index is 1.42. The molecule has 1 aliphatic rings. The minimum Gasteiger partial charge on any atom is -0.508 e. The maximum atomic E-state index is 13.1. The molecule has 5 rings (SSSR count). The van der Waals surface area contributed by atoms with Crippen molar-refractivity contribution < 1.29 is 19.8 Å². The van der Waals surface area contributed by atoms with Crippen LogP contribution in [0.2, 0.25) is 0 Å². The average Bonchev–Trinajstić information content (AvgIpc) is 2.86. The lowest BCUT2D eigenvalue weighted by Gasteiger charge is -2.17. The SMILES string of the molecule is O=C1c2ccc(N=Nc3ccc(O)cc3)cc2C(=O)c2ccc(N=Nc3ccc(O)cc3)cc21. The van der Waals surface area contributed by atoms with Gasteiger partial charge in [-0.1, -0.05) is 0 Å². The van der Waals surface area contributed by atoms with Gasteiger partial charge in [0, 0.05) is 22.3 Å². The number of fused-ring (bicyclic) bond motifs is 2. The van der Waals surface area contributed by atoms with E-state index >= 15 is 0 Å². The van der Waals surface area contributed by atoms with Crippen molar-refractivity contribution in [2.75, 3.05) is 0 Å². The first-order valence-corrected chi connectivity index (χ1v) is 10.3. The summed E-state index contributed by atoms with van der Waals surface area (Å²) in [5.74, 6) is -0.317. The minimum absolute atomic E-state index is 0.125. The third kappa shape index (κ3) is 4.07. The summed E-state index contributed by atoms with van der Waals surface area (Å²) in [6, 6.07) is 21.9. The van der Waals surface area contributed by atoms with E-state index in [1.165, 1.54) is 24.3 Å². The Labute approximate surface area is 193 Å². The molecule has 0 saturated heterocycles. The van der Waals surface area contributed by atoms with Crippen molar-refractivity contribution in [2.45, 2.75) is 0 Å². The minimum atomic E-state index is -0.284. The second-order valence-corrected chi connectivity index (χ2v) is 7.55. The average molecular weight is 448 g/mol. The number of hydrogen-bond acceptors (Lipinski definition) is 8. The van der Waals surface area contributed by atoms with Crippen molar-refractivity contribution in [1.82, 2.24) is 0 Å².